The van der Waals surface area contributed by atoms with Crippen LogP contribution < -0.4 is 10.0 Å². The summed E-state index contributed by atoms with van der Waals surface area (Å²) < 4.78 is 45.6. The topological polar surface area (TPSA) is 109 Å². The molecule has 168 valence electrons. The molecule has 0 unspecified atom stereocenters. The summed E-state index contributed by atoms with van der Waals surface area (Å²) in [6, 6.07) is 11.7. The standard InChI is InChI=1S/C21H19ClFN3O5S/c1-26(13-20(27)24-12-16-3-2-10-31-16)21(28)14-4-9-18(22)19(11-14)25-32(29,30)17-7-5-15(23)6-8-17/h2-11,25H,12-13H2,1H3,(H,24,27). The average Bonchev–Trinajstić information content (AvgIpc) is 3.27. The Morgan fingerprint density at radius 2 is 1.84 bits per heavy atom. The van der Waals surface area contributed by atoms with Crippen molar-refractivity contribution in [2.75, 3.05) is 18.3 Å². The van der Waals surface area contributed by atoms with Crippen molar-refractivity contribution in [1.29, 1.82) is 0 Å². The largest absolute Gasteiger partial charge is 0.467 e. The van der Waals surface area contributed by atoms with Gasteiger partial charge in [-0.1, -0.05) is 11.6 Å². The second-order valence-corrected chi connectivity index (χ2v) is 8.86. The molecule has 0 spiro atoms. The lowest BCUT2D eigenvalue weighted by molar-refractivity contribution is -0.121. The lowest BCUT2D eigenvalue weighted by Crippen LogP contribution is -2.38. The summed E-state index contributed by atoms with van der Waals surface area (Å²) in [5, 5.41) is 2.69. The molecule has 0 aliphatic carbocycles. The number of carbonyl (C=O) groups excluding carboxylic acids is 2. The van der Waals surface area contributed by atoms with Crippen molar-refractivity contribution in [2.24, 2.45) is 0 Å². The van der Waals surface area contributed by atoms with Gasteiger partial charge in [0.2, 0.25) is 5.91 Å². The molecule has 0 radical (unpaired) electrons. The second kappa shape index (κ2) is 9.84. The Bertz CT molecular complexity index is 1210. The Hall–Kier alpha value is -3.37. The molecule has 8 nitrogen and oxygen atoms in total. The first-order valence-electron chi connectivity index (χ1n) is 9.28. The van der Waals surface area contributed by atoms with E-state index in [1.54, 1.807) is 12.1 Å². The number of halogens is 2. The minimum atomic E-state index is -4.06. The van der Waals surface area contributed by atoms with Crippen LogP contribution in [0.3, 0.4) is 0 Å². The predicted molar refractivity (Wildman–Crippen MR) is 116 cm³/mol. The van der Waals surface area contributed by atoms with Gasteiger partial charge in [0.1, 0.15) is 11.6 Å². The number of carbonyl (C=O) groups is 2. The minimum Gasteiger partial charge on any atom is -0.467 e. The first-order chi connectivity index (χ1) is 15.2. The molecule has 0 fully saturated rings. The summed E-state index contributed by atoms with van der Waals surface area (Å²) >= 11 is 6.09. The van der Waals surface area contributed by atoms with E-state index in [0.29, 0.717) is 5.76 Å². The van der Waals surface area contributed by atoms with Gasteiger partial charge in [-0.25, -0.2) is 12.8 Å². The quantitative estimate of drug-likeness (QED) is 0.515. The first-order valence-corrected chi connectivity index (χ1v) is 11.1. The zero-order valence-electron chi connectivity index (χ0n) is 16.8. The van der Waals surface area contributed by atoms with E-state index in [-0.39, 0.29) is 34.3 Å². The number of hydrogen-bond donors (Lipinski definition) is 2. The van der Waals surface area contributed by atoms with Gasteiger partial charge in [-0.2, -0.15) is 0 Å². The molecule has 0 aliphatic heterocycles. The van der Waals surface area contributed by atoms with Crippen LogP contribution in [0.2, 0.25) is 5.02 Å². The number of furan rings is 1. The molecule has 3 rings (SSSR count). The van der Waals surface area contributed by atoms with Gasteiger partial charge >= 0.3 is 0 Å². The molecule has 0 saturated heterocycles. The molecule has 1 heterocycles. The van der Waals surface area contributed by atoms with Crippen LogP contribution in [0.5, 0.6) is 0 Å². The molecule has 32 heavy (non-hydrogen) atoms. The molecular formula is C21H19ClFN3O5S. The molecule has 0 bridgehead atoms. The van der Waals surface area contributed by atoms with Gasteiger partial charge in [0.15, 0.2) is 0 Å². The van der Waals surface area contributed by atoms with E-state index < -0.39 is 27.7 Å². The lowest BCUT2D eigenvalue weighted by Gasteiger charge is -2.18. The van der Waals surface area contributed by atoms with Gasteiger partial charge in [0.05, 0.1) is 35.0 Å². The first kappa shape index (κ1) is 23.3. The third kappa shape index (κ3) is 5.86. The van der Waals surface area contributed by atoms with Gasteiger partial charge in [-0.05, 0) is 54.6 Å². The van der Waals surface area contributed by atoms with Gasteiger partial charge in [-0.15, -0.1) is 0 Å². The van der Waals surface area contributed by atoms with Crippen molar-refractivity contribution in [3.63, 3.8) is 0 Å². The highest BCUT2D eigenvalue weighted by atomic mass is 35.5. The molecule has 2 aromatic carbocycles. The van der Waals surface area contributed by atoms with Gasteiger partial charge in [-0.3, -0.25) is 14.3 Å². The molecule has 0 saturated carbocycles. The van der Waals surface area contributed by atoms with Gasteiger partial charge in [0.25, 0.3) is 15.9 Å². The summed E-state index contributed by atoms with van der Waals surface area (Å²) in [7, 11) is -2.63. The smallest absolute Gasteiger partial charge is 0.261 e. The van der Waals surface area contributed by atoms with E-state index >= 15 is 0 Å². The van der Waals surface area contributed by atoms with E-state index in [2.05, 4.69) is 10.0 Å². The van der Waals surface area contributed by atoms with Crippen LogP contribution in [0.4, 0.5) is 10.1 Å². The Labute approximate surface area is 189 Å². The SMILES string of the molecule is CN(CC(=O)NCc1ccco1)C(=O)c1ccc(Cl)c(NS(=O)(=O)c2ccc(F)cc2)c1. The van der Waals surface area contributed by atoms with Crippen molar-refractivity contribution >= 4 is 39.1 Å². The van der Waals surface area contributed by atoms with E-state index in [4.69, 9.17) is 16.0 Å². The third-order valence-electron chi connectivity index (χ3n) is 4.35. The zero-order chi connectivity index (χ0) is 23.3. The Kier molecular flexibility index (Phi) is 7.16. The highest BCUT2D eigenvalue weighted by Gasteiger charge is 2.20. The van der Waals surface area contributed by atoms with E-state index in [1.165, 1.54) is 36.4 Å². The van der Waals surface area contributed by atoms with Crippen molar-refractivity contribution in [1.82, 2.24) is 10.2 Å². The Balaban J connectivity index is 1.69. The van der Waals surface area contributed by atoms with Crippen LogP contribution in [0, 0.1) is 5.82 Å². The highest BCUT2D eigenvalue weighted by Crippen LogP contribution is 2.26. The predicted octanol–water partition coefficient (Wildman–Crippen LogP) is 3.26. The number of benzene rings is 2. The van der Waals surface area contributed by atoms with Crippen LogP contribution in [-0.2, 0) is 21.4 Å². The minimum absolute atomic E-state index is 0.0301. The number of amides is 2. The van der Waals surface area contributed by atoms with Gasteiger partial charge < -0.3 is 14.6 Å². The summed E-state index contributed by atoms with van der Waals surface area (Å²) in [6.45, 7) is -0.0388. The zero-order valence-corrected chi connectivity index (χ0v) is 18.4. The fourth-order valence-corrected chi connectivity index (χ4v) is 4.01. The summed E-state index contributed by atoms with van der Waals surface area (Å²) in [4.78, 5) is 25.8. The molecule has 2 N–H and O–H groups in total. The normalized spacial score (nSPS) is 11.1. The van der Waals surface area contributed by atoms with Crippen LogP contribution >= 0.6 is 11.6 Å². The van der Waals surface area contributed by atoms with E-state index in [0.717, 1.165) is 24.3 Å². The molecule has 3 aromatic rings. The molecule has 0 aliphatic rings. The molecule has 0 atom stereocenters. The number of likely N-dealkylation sites (N-methyl/N-ethyl adjacent to an activating group) is 1. The number of hydrogen-bond acceptors (Lipinski definition) is 5. The van der Waals surface area contributed by atoms with Crippen molar-refractivity contribution in [2.45, 2.75) is 11.4 Å². The van der Waals surface area contributed by atoms with Crippen LogP contribution in [-0.4, -0.2) is 38.7 Å². The van der Waals surface area contributed by atoms with Crippen molar-refractivity contribution in [3.8, 4) is 0 Å². The van der Waals surface area contributed by atoms with Gasteiger partial charge in [0, 0.05) is 12.6 Å². The Morgan fingerprint density at radius 3 is 2.50 bits per heavy atom. The molecular weight excluding hydrogens is 461 g/mol. The maximum absolute atomic E-state index is 13.1. The van der Waals surface area contributed by atoms with Crippen molar-refractivity contribution in [3.05, 3.63) is 83.0 Å². The third-order valence-corrected chi connectivity index (χ3v) is 6.06. The number of anilines is 1. The number of sulfonamides is 1. The number of rotatable bonds is 8. The maximum atomic E-state index is 13.1. The highest BCUT2D eigenvalue weighted by molar-refractivity contribution is 7.92. The van der Waals surface area contributed by atoms with Crippen LogP contribution in [0.25, 0.3) is 0 Å². The summed E-state index contributed by atoms with van der Waals surface area (Å²) in [5.74, 6) is -0.922. The number of nitrogens with zero attached hydrogens (tertiary/aromatic N) is 1. The monoisotopic (exact) mass is 479 g/mol. The van der Waals surface area contributed by atoms with E-state index in [1.807, 2.05) is 0 Å². The molecule has 11 heteroatoms. The maximum Gasteiger partial charge on any atom is 0.261 e. The van der Waals surface area contributed by atoms with Crippen LogP contribution in [0.15, 0.2) is 70.2 Å². The fourth-order valence-electron chi connectivity index (χ4n) is 2.72. The molecule has 2 amide bonds. The average molecular weight is 480 g/mol. The second-order valence-electron chi connectivity index (χ2n) is 6.77. The summed E-state index contributed by atoms with van der Waals surface area (Å²) in [6.07, 6.45) is 1.49. The number of nitrogens with one attached hydrogen (secondary N) is 2. The summed E-state index contributed by atoms with van der Waals surface area (Å²) in [5.41, 5.74) is 0.0880. The lowest BCUT2D eigenvalue weighted by atomic mass is 10.2. The van der Waals surface area contributed by atoms with E-state index in [9.17, 15) is 22.4 Å². The Morgan fingerprint density at radius 1 is 1.12 bits per heavy atom. The molecule has 1 aromatic heterocycles. The van der Waals surface area contributed by atoms with Crippen LogP contribution in [0.1, 0.15) is 16.1 Å². The fraction of sp³-hybridized carbons (Fsp3) is 0.143. The van der Waals surface area contributed by atoms with Crippen molar-refractivity contribution < 1.29 is 26.8 Å².